The highest BCUT2D eigenvalue weighted by atomic mass is 32.1. The van der Waals surface area contributed by atoms with E-state index in [0.29, 0.717) is 23.6 Å². The van der Waals surface area contributed by atoms with E-state index >= 15 is 0 Å². The molecule has 0 aliphatic heterocycles. The Morgan fingerprint density at radius 3 is 2.56 bits per heavy atom. The standard InChI is InChI=1S/C14H21FN2S/c1-4-17(8-10(2)3)9-12-6-5-11(14(16)18)7-13(12)15/h5-7,10H,4,8-9H2,1-3H3,(H2,16,18). The van der Waals surface area contributed by atoms with Crippen LogP contribution in [-0.4, -0.2) is 23.0 Å². The molecule has 1 aromatic rings. The predicted octanol–water partition coefficient (Wildman–Crippen LogP) is 2.94. The number of nitrogens with zero attached hydrogens (tertiary/aromatic N) is 1. The van der Waals surface area contributed by atoms with Crippen molar-refractivity contribution in [2.75, 3.05) is 13.1 Å². The van der Waals surface area contributed by atoms with Crippen molar-refractivity contribution >= 4 is 17.2 Å². The Kier molecular flexibility index (Phi) is 5.69. The molecule has 0 amide bonds. The smallest absolute Gasteiger partial charge is 0.128 e. The molecule has 1 aromatic carbocycles. The molecule has 0 heterocycles. The summed E-state index contributed by atoms with van der Waals surface area (Å²) in [6.07, 6.45) is 0. The van der Waals surface area contributed by atoms with Crippen LogP contribution in [0, 0.1) is 11.7 Å². The van der Waals surface area contributed by atoms with Crippen LogP contribution in [-0.2, 0) is 6.54 Å². The van der Waals surface area contributed by atoms with Crippen LogP contribution in [0.2, 0.25) is 0 Å². The Hall–Kier alpha value is -1.00. The molecule has 0 saturated heterocycles. The van der Waals surface area contributed by atoms with Crippen molar-refractivity contribution in [1.82, 2.24) is 4.90 Å². The fourth-order valence-corrected chi connectivity index (χ4v) is 2.02. The molecule has 0 saturated carbocycles. The highest BCUT2D eigenvalue weighted by Gasteiger charge is 2.10. The monoisotopic (exact) mass is 268 g/mol. The van der Waals surface area contributed by atoms with Gasteiger partial charge in [0.1, 0.15) is 10.8 Å². The molecule has 18 heavy (non-hydrogen) atoms. The van der Waals surface area contributed by atoms with Gasteiger partial charge in [0, 0.05) is 24.2 Å². The third-order valence-electron chi connectivity index (χ3n) is 2.80. The summed E-state index contributed by atoms with van der Waals surface area (Å²) in [5.41, 5.74) is 6.75. The third kappa shape index (κ3) is 4.35. The Bertz CT molecular complexity index is 418. The number of thiocarbonyl (C=S) groups is 1. The van der Waals surface area contributed by atoms with E-state index in [0.717, 1.165) is 13.1 Å². The van der Waals surface area contributed by atoms with Gasteiger partial charge in [-0.15, -0.1) is 0 Å². The van der Waals surface area contributed by atoms with Crippen molar-refractivity contribution in [2.24, 2.45) is 11.7 Å². The third-order valence-corrected chi connectivity index (χ3v) is 3.04. The lowest BCUT2D eigenvalue weighted by atomic mass is 10.1. The van der Waals surface area contributed by atoms with Crippen LogP contribution >= 0.6 is 12.2 Å². The SMILES string of the molecule is CCN(Cc1ccc(C(N)=S)cc1F)CC(C)C. The van der Waals surface area contributed by atoms with E-state index in [1.165, 1.54) is 6.07 Å². The van der Waals surface area contributed by atoms with Crippen molar-refractivity contribution in [1.29, 1.82) is 0 Å². The lowest BCUT2D eigenvalue weighted by Crippen LogP contribution is -2.27. The van der Waals surface area contributed by atoms with E-state index in [-0.39, 0.29) is 10.8 Å². The number of hydrogen-bond donors (Lipinski definition) is 1. The van der Waals surface area contributed by atoms with Crippen molar-refractivity contribution in [3.05, 3.63) is 35.1 Å². The molecule has 2 nitrogen and oxygen atoms in total. The Balaban J connectivity index is 2.80. The van der Waals surface area contributed by atoms with Crippen LogP contribution in [0.5, 0.6) is 0 Å². The van der Waals surface area contributed by atoms with Gasteiger partial charge in [0.05, 0.1) is 0 Å². The van der Waals surface area contributed by atoms with Crippen LogP contribution in [0.1, 0.15) is 31.9 Å². The molecule has 0 aliphatic carbocycles. The normalized spacial score (nSPS) is 11.2. The van der Waals surface area contributed by atoms with Crippen LogP contribution in [0.3, 0.4) is 0 Å². The van der Waals surface area contributed by atoms with Gasteiger partial charge in [-0.3, -0.25) is 4.90 Å². The summed E-state index contributed by atoms with van der Waals surface area (Å²) in [5.74, 6) is 0.339. The molecule has 0 radical (unpaired) electrons. The summed E-state index contributed by atoms with van der Waals surface area (Å²) in [6.45, 7) is 8.91. The summed E-state index contributed by atoms with van der Waals surface area (Å²) in [5, 5.41) is 0. The van der Waals surface area contributed by atoms with Crippen LogP contribution < -0.4 is 5.73 Å². The fraction of sp³-hybridized carbons (Fsp3) is 0.500. The molecule has 0 spiro atoms. The zero-order valence-electron chi connectivity index (χ0n) is 11.2. The van der Waals surface area contributed by atoms with Crippen LogP contribution in [0.25, 0.3) is 0 Å². The molecule has 0 aromatic heterocycles. The summed E-state index contributed by atoms with van der Waals surface area (Å²) in [4.78, 5) is 2.46. The van der Waals surface area contributed by atoms with Gasteiger partial charge in [0.25, 0.3) is 0 Å². The van der Waals surface area contributed by atoms with Gasteiger partial charge >= 0.3 is 0 Å². The molecule has 0 aliphatic rings. The van der Waals surface area contributed by atoms with Crippen LogP contribution in [0.4, 0.5) is 4.39 Å². The summed E-state index contributed by atoms with van der Waals surface area (Å²) in [7, 11) is 0. The average Bonchev–Trinajstić information content (AvgIpc) is 2.29. The van der Waals surface area contributed by atoms with E-state index in [2.05, 4.69) is 25.7 Å². The van der Waals surface area contributed by atoms with Gasteiger partial charge in [-0.1, -0.05) is 45.1 Å². The number of hydrogen-bond acceptors (Lipinski definition) is 2. The lowest BCUT2D eigenvalue weighted by Gasteiger charge is -2.22. The topological polar surface area (TPSA) is 29.3 Å². The molecule has 4 heteroatoms. The first-order valence-electron chi connectivity index (χ1n) is 6.24. The largest absolute Gasteiger partial charge is 0.389 e. The van der Waals surface area contributed by atoms with Gasteiger partial charge in [0.2, 0.25) is 0 Å². The second kappa shape index (κ2) is 6.81. The molecule has 0 fully saturated rings. The Labute approximate surface area is 114 Å². The van der Waals surface area contributed by atoms with Crippen molar-refractivity contribution in [3.8, 4) is 0 Å². The second-order valence-electron chi connectivity index (χ2n) is 4.89. The molecule has 0 atom stereocenters. The zero-order chi connectivity index (χ0) is 13.7. The first-order valence-corrected chi connectivity index (χ1v) is 6.65. The fourth-order valence-electron chi connectivity index (χ4n) is 1.89. The minimum Gasteiger partial charge on any atom is -0.389 e. The van der Waals surface area contributed by atoms with E-state index in [9.17, 15) is 4.39 Å². The van der Waals surface area contributed by atoms with Crippen LogP contribution in [0.15, 0.2) is 18.2 Å². The van der Waals surface area contributed by atoms with E-state index in [1.807, 2.05) is 0 Å². The maximum absolute atomic E-state index is 13.9. The number of nitrogens with two attached hydrogens (primary N) is 1. The van der Waals surface area contributed by atoms with Gasteiger partial charge in [-0.25, -0.2) is 4.39 Å². The maximum atomic E-state index is 13.9. The predicted molar refractivity (Wildman–Crippen MR) is 78.1 cm³/mol. The summed E-state index contributed by atoms with van der Waals surface area (Å²) < 4.78 is 13.9. The highest BCUT2D eigenvalue weighted by Crippen LogP contribution is 2.14. The summed E-state index contributed by atoms with van der Waals surface area (Å²) in [6, 6.07) is 4.97. The second-order valence-corrected chi connectivity index (χ2v) is 5.33. The molecule has 0 unspecified atom stereocenters. The molecular formula is C14H21FN2S. The summed E-state index contributed by atoms with van der Waals surface area (Å²) >= 11 is 4.83. The van der Waals surface area contributed by atoms with Gasteiger partial charge in [0.15, 0.2) is 0 Å². The quantitative estimate of drug-likeness (QED) is 0.804. The number of halogens is 1. The number of rotatable bonds is 6. The van der Waals surface area contributed by atoms with Gasteiger partial charge in [-0.05, 0) is 18.5 Å². The number of benzene rings is 1. The maximum Gasteiger partial charge on any atom is 0.128 e. The first-order chi connectivity index (χ1) is 8.43. The van der Waals surface area contributed by atoms with E-state index < -0.39 is 0 Å². The minimum absolute atomic E-state index is 0.231. The molecule has 1 rings (SSSR count). The van der Waals surface area contributed by atoms with Crippen molar-refractivity contribution in [3.63, 3.8) is 0 Å². The minimum atomic E-state index is -0.234. The Morgan fingerprint density at radius 2 is 2.11 bits per heavy atom. The Morgan fingerprint density at radius 1 is 1.44 bits per heavy atom. The van der Waals surface area contributed by atoms with Crippen molar-refractivity contribution < 1.29 is 4.39 Å². The molecule has 100 valence electrons. The first kappa shape index (κ1) is 15.1. The highest BCUT2D eigenvalue weighted by molar-refractivity contribution is 7.80. The van der Waals surface area contributed by atoms with E-state index in [1.54, 1.807) is 12.1 Å². The molecule has 0 bridgehead atoms. The molecule has 2 N–H and O–H groups in total. The lowest BCUT2D eigenvalue weighted by molar-refractivity contribution is 0.245. The van der Waals surface area contributed by atoms with Crippen molar-refractivity contribution in [2.45, 2.75) is 27.3 Å². The zero-order valence-corrected chi connectivity index (χ0v) is 12.1. The van der Waals surface area contributed by atoms with Gasteiger partial charge in [-0.2, -0.15) is 0 Å². The van der Waals surface area contributed by atoms with Gasteiger partial charge < -0.3 is 5.73 Å². The average molecular weight is 268 g/mol. The van der Waals surface area contributed by atoms with E-state index in [4.69, 9.17) is 18.0 Å². The molecular weight excluding hydrogens is 247 g/mol.